The van der Waals surface area contributed by atoms with Crippen molar-refractivity contribution in [2.45, 2.75) is 13.8 Å². The van der Waals surface area contributed by atoms with E-state index in [1.165, 1.54) is 12.1 Å². The molecule has 0 aliphatic heterocycles. The molecular weight excluding hydrogens is 398 g/mol. The van der Waals surface area contributed by atoms with Crippen LogP contribution in [0, 0.1) is 36.8 Å². The Hall–Kier alpha value is -2.71. The Morgan fingerprint density at radius 3 is 2.46 bits per heavy atom. The summed E-state index contributed by atoms with van der Waals surface area (Å²) in [6.45, 7) is 3.71. The first-order valence-electron chi connectivity index (χ1n) is 7.93. The second-order valence-electron chi connectivity index (χ2n) is 5.91. The van der Waals surface area contributed by atoms with Gasteiger partial charge in [0, 0.05) is 21.4 Å². The monoisotopic (exact) mass is 412 g/mol. The van der Waals surface area contributed by atoms with E-state index in [0.29, 0.717) is 10.2 Å². The van der Waals surface area contributed by atoms with Crippen LogP contribution in [0.1, 0.15) is 22.5 Å². The summed E-state index contributed by atoms with van der Waals surface area (Å²) in [6, 6.07) is 14.9. The summed E-state index contributed by atoms with van der Waals surface area (Å²) in [5.74, 6) is -0.806. The molecule has 0 atom stereocenters. The van der Waals surface area contributed by atoms with Gasteiger partial charge in [-0.25, -0.2) is 8.78 Å². The molecule has 0 saturated carbocycles. The summed E-state index contributed by atoms with van der Waals surface area (Å²) in [6.07, 6.45) is 1.63. The third kappa shape index (κ3) is 3.33. The molecule has 0 aliphatic carbocycles. The van der Waals surface area contributed by atoms with Gasteiger partial charge in [-0.1, -0.05) is 34.1 Å². The largest absolute Gasteiger partial charge is 0.315 e. The number of allylic oxidation sites excluding steroid dienone is 1. The van der Waals surface area contributed by atoms with E-state index in [9.17, 15) is 14.0 Å². The number of rotatable bonds is 3. The van der Waals surface area contributed by atoms with Gasteiger partial charge in [0.2, 0.25) is 0 Å². The van der Waals surface area contributed by atoms with Gasteiger partial charge in [-0.05, 0) is 55.8 Å². The lowest BCUT2D eigenvalue weighted by molar-refractivity contribution is 0.615. The zero-order valence-corrected chi connectivity index (χ0v) is 15.8. The molecule has 0 unspecified atom stereocenters. The molecule has 2 aromatic carbocycles. The number of aromatic nitrogens is 1. The molecule has 1 aromatic heterocycles. The Morgan fingerprint density at radius 1 is 1.08 bits per heavy atom. The lowest BCUT2D eigenvalue weighted by Crippen LogP contribution is -2.02. The van der Waals surface area contributed by atoms with Crippen molar-refractivity contribution in [1.82, 2.24) is 4.57 Å². The van der Waals surface area contributed by atoms with Crippen molar-refractivity contribution >= 4 is 27.6 Å². The molecule has 5 heteroatoms. The zero-order chi connectivity index (χ0) is 18.8. The van der Waals surface area contributed by atoms with Crippen molar-refractivity contribution in [3.05, 3.63) is 87.2 Å². The van der Waals surface area contributed by atoms with Gasteiger partial charge >= 0.3 is 0 Å². The molecule has 0 amide bonds. The van der Waals surface area contributed by atoms with E-state index < -0.39 is 5.82 Å². The average Bonchev–Trinajstić information content (AvgIpc) is 2.88. The Morgan fingerprint density at radius 2 is 1.81 bits per heavy atom. The number of nitrogens with zero attached hydrogens (tertiary/aromatic N) is 2. The fourth-order valence-corrected chi connectivity index (χ4v) is 3.31. The van der Waals surface area contributed by atoms with E-state index in [4.69, 9.17) is 0 Å². The minimum Gasteiger partial charge on any atom is -0.315 e. The van der Waals surface area contributed by atoms with E-state index in [0.717, 1.165) is 17.0 Å². The SMILES string of the molecule is Cc1cc(/C=C(/C#N)c2ccccc2F)c(C)n1-c1ccc(Br)cc1F. The van der Waals surface area contributed by atoms with Crippen LogP contribution in [0.25, 0.3) is 17.3 Å². The highest BCUT2D eigenvalue weighted by Gasteiger charge is 2.15. The predicted octanol–water partition coefficient (Wildman–Crippen LogP) is 6.20. The molecule has 0 spiro atoms. The summed E-state index contributed by atoms with van der Waals surface area (Å²) < 4.78 is 30.8. The second kappa shape index (κ2) is 7.27. The van der Waals surface area contributed by atoms with E-state index >= 15 is 0 Å². The van der Waals surface area contributed by atoms with E-state index in [-0.39, 0.29) is 17.0 Å². The summed E-state index contributed by atoms with van der Waals surface area (Å²) in [7, 11) is 0. The topological polar surface area (TPSA) is 28.7 Å². The Labute approximate surface area is 159 Å². The minimum absolute atomic E-state index is 0.222. The standard InChI is InChI=1S/C21H15BrF2N2/c1-13-9-15(10-16(12-25)18-5-3-4-6-19(18)23)14(2)26(13)21-8-7-17(22)11-20(21)24/h3-11H,1-2H3/b16-10-. The summed E-state index contributed by atoms with van der Waals surface area (Å²) in [5, 5.41) is 9.47. The van der Waals surface area contributed by atoms with Crippen LogP contribution >= 0.6 is 15.9 Å². The first-order valence-corrected chi connectivity index (χ1v) is 8.72. The molecule has 3 rings (SSSR count). The first kappa shape index (κ1) is 18.1. The normalized spacial score (nSPS) is 11.5. The van der Waals surface area contributed by atoms with Crippen LogP contribution < -0.4 is 0 Å². The molecule has 0 radical (unpaired) electrons. The fourth-order valence-electron chi connectivity index (χ4n) is 2.97. The van der Waals surface area contributed by atoms with Crippen molar-refractivity contribution in [2.24, 2.45) is 0 Å². The van der Waals surface area contributed by atoms with Gasteiger partial charge in [0.05, 0.1) is 17.3 Å². The van der Waals surface area contributed by atoms with Gasteiger partial charge in [-0.3, -0.25) is 0 Å². The highest BCUT2D eigenvalue weighted by molar-refractivity contribution is 9.10. The molecule has 2 nitrogen and oxygen atoms in total. The third-order valence-electron chi connectivity index (χ3n) is 4.21. The molecule has 26 heavy (non-hydrogen) atoms. The first-order chi connectivity index (χ1) is 12.4. The van der Waals surface area contributed by atoms with Crippen molar-refractivity contribution in [3.8, 4) is 11.8 Å². The second-order valence-corrected chi connectivity index (χ2v) is 6.82. The lowest BCUT2D eigenvalue weighted by Gasteiger charge is -2.11. The molecule has 3 aromatic rings. The van der Waals surface area contributed by atoms with Crippen LogP contribution in [0.15, 0.2) is 53.0 Å². The average molecular weight is 413 g/mol. The highest BCUT2D eigenvalue weighted by Crippen LogP contribution is 2.28. The molecule has 0 fully saturated rings. The van der Waals surface area contributed by atoms with Gasteiger partial charge in [0.25, 0.3) is 0 Å². The quantitative estimate of drug-likeness (QED) is 0.470. The molecule has 0 N–H and O–H groups in total. The number of hydrogen-bond acceptors (Lipinski definition) is 1. The van der Waals surface area contributed by atoms with Crippen LogP contribution in [0.3, 0.4) is 0 Å². The summed E-state index contributed by atoms with van der Waals surface area (Å²) >= 11 is 3.26. The van der Waals surface area contributed by atoms with Crippen molar-refractivity contribution in [3.63, 3.8) is 0 Å². The predicted molar refractivity (Wildman–Crippen MR) is 103 cm³/mol. The van der Waals surface area contributed by atoms with E-state index in [1.807, 2.05) is 19.9 Å². The molecule has 0 bridgehead atoms. The van der Waals surface area contributed by atoms with Crippen LogP contribution in [-0.2, 0) is 0 Å². The molecule has 1 heterocycles. The maximum absolute atomic E-state index is 14.4. The van der Waals surface area contributed by atoms with Gasteiger partial charge in [-0.15, -0.1) is 0 Å². The number of nitriles is 1. The highest BCUT2D eigenvalue weighted by atomic mass is 79.9. The minimum atomic E-state index is -0.451. The van der Waals surface area contributed by atoms with Gasteiger partial charge in [0.15, 0.2) is 0 Å². The van der Waals surface area contributed by atoms with Gasteiger partial charge in [-0.2, -0.15) is 5.26 Å². The fraction of sp³-hybridized carbons (Fsp3) is 0.0952. The number of benzene rings is 2. The molecular formula is C21H15BrF2N2. The zero-order valence-electron chi connectivity index (χ0n) is 14.2. The Balaban J connectivity index is 2.14. The Bertz CT molecular complexity index is 1060. The van der Waals surface area contributed by atoms with E-state index in [2.05, 4.69) is 22.0 Å². The van der Waals surface area contributed by atoms with Crippen LogP contribution in [0.5, 0.6) is 0 Å². The van der Waals surface area contributed by atoms with Gasteiger partial charge < -0.3 is 4.57 Å². The Kier molecular flexibility index (Phi) is 5.06. The summed E-state index contributed by atoms with van der Waals surface area (Å²) in [4.78, 5) is 0. The van der Waals surface area contributed by atoms with Crippen LogP contribution in [0.2, 0.25) is 0 Å². The van der Waals surface area contributed by atoms with E-state index in [1.54, 1.807) is 41.0 Å². The maximum Gasteiger partial charge on any atom is 0.148 e. The third-order valence-corrected chi connectivity index (χ3v) is 4.70. The number of hydrogen-bond donors (Lipinski definition) is 0. The molecule has 130 valence electrons. The lowest BCUT2D eigenvalue weighted by atomic mass is 10.0. The maximum atomic E-state index is 14.4. The van der Waals surface area contributed by atoms with Gasteiger partial charge in [0.1, 0.15) is 11.6 Å². The van der Waals surface area contributed by atoms with Crippen molar-refractivity contribution in [2.75, 3.05) is 0 Å². The van der Waals surface area contributed by atoms with Crippen LogP contribution in [0.4, 0.5) is 8.78 Å². The molecule has 0 saturated heterocycles. The smallest absolute Gasteiger partial charge is 0.148 e. The number of halogens is 3. The van der Waals surface area contributed by atoms with Crippen molar-refractivity contribution < 1.29 is 8.78 Å². The number of aryl methyl sites for hydroxylation is 1. The molecule has 0 aliphatic rings. The van der Waals surface area contributed by atoms with Crippen molar-refractivity contribution in [1.29, 1.82) is 5.26 Å². The summed E-state index contributed by atoms with van der Waals surface area (Å²) in [5.41, 5.74) is 3.22. The van der Waals surface area contributed by atoms with Crippen LogP contribution in [-0.4, -0.2) is 4.57 Å².